The van der Waals surface area contributed by atoms with E-state index in [4.69, 9.17) is 19.2 Å². The van der Waals surface area contributed by atoms with Crippen LogP contribution < -0.4 is 0 Å². The summed E-state index contributed by atoms with van der Waals surface area (Å²) in [5, 5.41) is 5.18. The molecule has 4 aromatic carbocycles. The number of fused-ring (bicyclic) bond motifs is 2. The van der Waals surface area contributed by atoms with Gasteiger partial charge in [0.25, 0.3) is 0 Å². The molecule has 0 saturated heterocycles. The molecule has 25 heavy (non-hydrogen) atoms. The molecule has 0 aromatic heterocycles. The first-order valence-electron chi connectivity index (χ1n) is 7.67. The molecule has 0 heterocycles. The van der Waals surface area contributed by atoms with Crippen molar-refractivity contribution in [3.8, 4) is 11.1 Å². The highest BCUT2D eigenvalue weighted by Gasteiger charge is 2.04. The third kappa shape index (κ3) is 4.53. The van der Waals surface area contributed by atoms with Crippen molar-refractivity contribution in [2.45, 2.75) is 0 Å². The lowest BCUT2D eigenvalue weighted by atomic mass is 9.96. The molecule has 0 spiro atoms. The highest BCUT2D eigenvalue weighted by atomic mass is 31.2. The van der Waals surface area contributed by atoms with Crippen molar-refractivity contribution in [2.24, 2.45) is 0 Å². The second-order valence-corrected chi connectivity index (χ2v) is 6.63. The topological polar surface area (TPSA) is 77.8 Å². The first-order valence-corrected chi connectivity index (χ1v) is 9.23. The van der Waals surface area contributed by atoms with Crippen LogP contribution in [0.3, 0.4) is 0 Å². The van der Waals surface area contributed by atoms with Gasteiger partial charge in [-0.05, 0) is 38.7 Å². The van der Waals surface area contributed by atoms with Crippen molar-refractivity contribution in [3.63, 3.8) is 0 Å². The molecule has 0 bridgehead atoms. The zero-order valence-electron chi connectivity index (χ0n) is 13.3. The first kappa shape index (κ1) is 17.3. The van der Waals surface area contributed by atoms with E-state index >= 15 is 0 Å². The molecule has 4 nitrogen and oxygen atoms in total. The van der Waals surface area contributed by atoms with Gasteiger partial charge < -0.3 is 14.7 Å². The molecule has 0 saturated carbocycles. The largest absolute Gasteiger partial charge is 0.466 e. The Morgan fingerprint density at radius 1 is 0.600 bits per heavy atom. The van der Waals surface area contributed by atoms with Gasteiger partial charge in [0, 0.05) is 0 Å². The molecule has 0 fully saturated rings. The van der Waals surface area contributed by atoms with Crippen LogP contribution in [0.1, 0.15) is 0 Å². The molecule has 0 aliphatic carbocycles. The van der Waals surface area contributed by atoms with Gasteiger partial charge in [-0.3, -0.25) is 0 Å². The van der Waals surface area contributed by atoms with Gasteiger partial charge in [-0.2, -0.15) is 0 Å². The van der Waals surface area contributed by atoms with Crippen molar-refractivity contribution in [1.29, 1.82) is 0 Å². The SMILES string of the molecule is O=P(O)(O)O.c1ccc2cc(-c3cccc4ccccc34)ccc2c1. The predicted molar refractivity (Wildman–Crippen MR) is 101 cm³/mol. The second kappa shape index (κ2) is 7.18. The van der Waals surface area contributed by atoms with Crippen LogP contribution in [0.15, 0.2) is 84.9 Å². The molecule has 0 unspecified atom stereocenters. The lowest BCUT2D eigenvalue weighted by Crippen LogP contribution is -1.82. The van der Waals surface area contributed by atoms with Crippen LogP contribution in [-0.2, 0) is 4.57 Å². The fourth-order valence-corrected chi connectivity index (χ4v) is 2.83. The minimum Gasteiger partial charge on any atom is -0.303 e. The standard InChI is InChI=1S/C20H14.H3O4P/c1-2-8-17-14-18(13-12-15(17)6-1)20-11-5-9-16-7-3-4-10-19(16)20;1-5(2,3)4/h1-14H;(H3,1,2,3,4). The quantitative estimate of drug-likeness (QED) is 0.433. The molecular formula is C20H17O4P. The molecular weight excluding hydrogens is 335 g/mol. The van der Waals surface area contributed by atoms with E-state index in [1.165, 1.54) is 32.7 Å². The molecule has 126 valence electrons. The zero-order valence-corrected chi connectivity index (χ0v) is 14.2. The molecule has 0 amide bonds. The number of hydrogen-bond donors (Lipinski definition) is 3. The number of rotatable bonds is 1. The average Bonchev–Trinajstić information content (AvgIpc) is 2.59. The number of phosphoric acid groups is 1. The molecule has 0 aliphatic heterocycles. The molecule has 0 radical (unpaired) electrons. The highest BCUT2D eigenvalue weighted by Crippen LogP contribution is 2.30. The molecule has 3 N–H and O–H groups in total. The van der Waals surface area contributed by atoms with E-state index in [1.54, 1.807) is 0 Å². The summed E-state index contributed by atoms with van der Waals surface area (Å²) in [5.41, 5.74) is 2.58. The Morgan fingerprint density at radius 3 is 1.88 bits per heavy atom. The minimum absolute atomic E-state index is 1.28. The van der Waals surface area contributed by atoms with Gasteiger partial charge in [-0.1, -0.05) is 78.9 Å². The lowest BCUT2D eigenvalue weighted by molar-refractivity contribution is 0.275. The Morgan fingerprint density at radius 2 is 1.16 bits per heavy atom. The Kier molecular flexibility index (Phi) is 4.98. The smallest absolute Gasteiger partial charge is 0.303 e. The summed E-state index contributed by atoms with van der Waals surface area (Å²) in [5.74, 6) is 0. The zero-order chi connectivity index (χ0) is 17.9. The van der Waals surface area contributed by atoms with Gasteiger partial charge in [0.05, 0.1) is 0 Å². The van der Waals surface area contributed by atoms with Crippen LogP contribution in [0.25, 0.3) is 32.7 Å². The van der Waals surface area contributed by atoms with E-state index in [-0.39, 0.29) is 0 Å². The van der Waals surface area contributed by atoms with Gasteiger partial charge in [-0.15, -0.1) is 0 Å². The fourth-order valence-electron chi connectivity index (χ4n) is 2.83. The van der Waals surface area contributed by atoms with E-state index in [1.807, 2.05) is 0 Å². The predicted octanol–water partition coefficient (Wildman–Crippen LogP) is 4.73. The Hall–Kier alpha value is -2.49. The van der Waals surface area contributed by atoms with Crippen LogP contribution in [0.4, 0.5) is 0 Å². The summed E-state index contributed by atoms with van der Waals surface area (Å²) in [6, 6.07) is 30.2. The van der Waals surface area contributed by atoms with E-state index in [0.717, 1.165) is 0 Å². The number of hydrogen-bond acceptors (Lipinski definition) is 1. The average molecular weight is 352 g/mol. The van der Waals surface area contributed by atoms with Crippen LogP contribution in [0, 0.1) is 0 Å². The van der Waals surface area contributed by atoms with Crippen LogP contribution in [0.5, 0.6) is 0 Å². The number of benzene rings is 4. The summed E-state index contributed by atoms with van der Waals surface area (Å²) in [6.07, 6.45) is 0. The third-order valence-corrected chi connectivity index (χ3v) is 3.85. The van der Waals surface area contributed by atoms with Crippen molar-refractivity contribution in [3.05, 3.63) is 84.9 Å². The van der Waals surface area contributed by atoms with Crippen LogP contribution >= 0.6 is 7.82 Å². The summed E-state index contributed by atoms with van der Waals surface area (Å²) < 4.78 is 8.88. The Bertz CT molecular complexity index is 1060. The minimum atomic E-state index is -4.64. The van der Waals surface area contributed by atoms with Gasteiger partial charge in [0.1, 0.15) is 0 Å². The summed E-state index contributed by atoms with van der Waals surface area (Å²) >= 11 is 0. The van der Waals surface area contributed by atoms with Crippen LogP contribution in [-0.4, -0.2) is 14.7 Å². The maximum atomic E-state index is 8.88. The summed E-state index contributed by atoms with van der Waals surface area (Å²) in [7, 11) is -4.64. The lowest BCUT2D eigenvalue weighted by Gasteiger charge is -2.08. The van der Waals surface area contributed by atoms with Gasteiger partial charge >= 0.3 is 7.82 Å². The van der Waals surface area contributed by atoms with Crippen LogP contribution in [0.2, 0.25) is 0 Å². The molecule has 4 rings (SSSR count). The normalized spacial score (nSPS) is 11.2. The van der Waals surface area contributed by atoms with E-state index in [9.17, 15) is 0 Å². The van der Waals surface area contributed by atoms with Gasteiger partial charge in [-0.25, -0.2) is 4.57 Å². The van der Waals surface area contributed by atoms with E-state index in [0.29, 0.717) is 0 Å². The van der Waals surface area contributed by atoms with Crippen molar-refractivity contribution in [2.75, 3.05) is 0 Å². The molecule has 0 atom stereocenters. The van der Waals surface area contributed by atoms with Gasteiger partial charge in [0.15, 0.2) is 0 Å². The summed E-state index contributed by atoms with van der Waals surface area (Å²) in [4.78, 5) is 21.6. The Labute approximate surface area is 145 Å². The monoisotopic (exact) mass is 352 g/mol. The first-order chi connectivity index (χ1) is 11.9. The van der Waals surface area contributed by atoms with E-state index in [2.05, 4.69) is 84.9 Å². The Balaban J connectivity index is 0.000000324. The van der Waals surface area contributed by atoms with Gasteiger partial charge in [0.2, 0.25) is 0 Å². The molecule has 4 aromatic rings. The van der Waals surface area contributed by atoms with E-state index < -0.39 is 7.82 Å². The second-order valence-electron chi connectivity index (χ2n) is 5.60. The highest BCUT2D eigenvalue weighted by molar-refractivity contribution is 7.45. The summed E-state index contributed by atoms with van der Waals surface area (Å²) in [6.45, 7) is 0. The van der Waals surface area contributed by atoms with Crippen molar-refractivity contribution in [1.82, 2.24) is 0 Å². The maximum Gasteiger partial charge on any atom is 0.466 e. The fraction of sp³-hybridized carbons (Fsp3) is 0. The maximum absolute atomic E-state index is 8.88. The molecule has 5 heteroatoms. The van der Waals surface area contributed by atoms with Crippen molar-refractivity contribution >= 4 is 29.4 Å². The van der Waals surface area contributed by atoms with Crippen molar-refractivity contribution < 1.29 is 19.2 Å². The molecule has 0 aliphatic rings. The third-order valence-electron chi connectivity index (χ3n) is 3.85.